The molecule has 0 amide bonds. The molecule has 1 heterocycles. The molecule has 0 saturated carbocycles. The first kappa shape index (κ1) is 10.8. The Morgan fingerprint density at radius 1 is 1.64 bits per heavy atom. The molecule has 1 atom stereocenters. The zero-order valence-electron chi connectivity index (χ0n) is 8.53. The van der Waals surface area contributed by atoms with E-state index in [0.29, 0.717) is 5.76 Å². The number of carbonyl (C=O) groups is 1. The van der Waals surface area contributed by atoms with E-state index in [1.807, 2.05) is 0 Å². The van der Waals surface area contributed by atoms with Crippen molar-refractivity contribution >= 4 is 5.97 Å². The zero-order chi connectivity index (χ0) is 10.8. The molecule has 0 aliphatic heterocycles. The third-order valence-electron chi connectivity index (χ3n) is 1.89. The first-order valence-corrected chi connectivity index (χ1v) is 4.45. The fourth-order valence-electron chi connectivity index (χ4n) is 1.07. The Kier molecular flexibility index (Phi) is 2.96. The highest BCUT2D eigenvalue weighted by Crippen LogP contribution is 2.24. The van der Waals surface area contributed by atoms with Gasteiger partial charge in [-0.1, -0.05) is 0 Å². The van der Waals surface area contributed by atoms with Crippen LogP contribution in [-0.4, -0.2) is 17.7 Å². The van der Waals surface area contributed by atoms with Crippen LogP contribution in [0.1, 0.15) is 25.4 Å². The molecular formula is C10H14O4. The van der Waals surface area contributed by atoms with Crippen molar-refractivity contribution in [3.63, 3.8) is 0 Å². The average molecular weight is 198 g/mol. The van der Waals surface area contributed by atoms with Crippen molar-refractivity contribution in [3.05, 3.63) is 23.7 Å². The van der Waals surface area contributed by atoms with Crippen LogP contribution in [0.15, 0.2) is 16.5 Å². The molecule has 0 spiro atoms. The highest BCUT2D eigenvalue weighted by atomic mass is 16.6. The summed E-state index contributed by atoms with van der Waals surface area (Å²) in [6.45, 7) is 5.00. The molecule has 4 heteroatoms. The van der Waals surface area contributed by atoms with Gasteiger partial charge in [-0.15, -0.1) is 0 Å². The Morgan fingerprint density at radius 2 is 2.29 bits per heavy atom. The van der Waals surface area contributed by atoms with Gasteiger partial charge < -0.3 is 14.3 Å². The van der Waals surface area contributed by atoms with Gasteiger partial charge in [-0.25, -0.2) is 4.79 Å². The summed E-state index contributed by atoms with van der Waals surface area (Å²) in [6.07, 6.45) is 0. The smallest absolute Gasteiger partial charge is 0.345 e. The van der Waals surface area contributed by atoms with Gasteiger partial charge in [-0.05, 0) is 32.9 Å². The number of ether oxygens (including phenoxy) is 1. The van der Waals surface area contributed by atoms with E-state index in [-0.39, 0.29) is 12.4 Å². The highest BCUT2D eigenvalue weighted by Gasteiger charge is 2.37. The lowest BCUT2D eigenvalue weighted by Gasteiger charge is -2.18. The minimum Gasteiger partial charge on any atom is -0.464 e. The summed E-state index contributed by atoms with van der Waals surface area (Å²) in [5.74, 6) is 0.146. The molecule has 1 aromatic heterocycles. The standard InChI is InChI=1S/C10H14O4/c1-4-13-9(11)10(3,12)8-6-5-7(2)14-8/h5-6,12H,4H2,1-3H3. The molecule has 78 valence electrons. The molecule has 0 fully saturated rings. The lowest BCUT2D eigenvalue weighted by molar-refractivity contribution is -0.166. The summed E-state index contributed by atoms with van der Waals surface area (Å²) in [7, 11) is 0. The molecule has 0 bridgehead atoms. The van der Waals surface area contributed by atoms with Crippen LogP contribution in [0.5, 0.6) is 0 Å². The van der Waals surface area contributed by atoms with Gasteiger partial charge in [0.25, 0.3) is 0 Å². The van der Waals surface area contributed by atoms with Gasteiger partial charge >= 0.3 is 5.97 Å². The third-order valence-corrected chi connectivity index (χ3v) is 1.89. The van der Waals surface area contributed by atoms with Gasteiger partial charge in [0.2, 0.25) is 5.60 Å². The number of rotatable bonds is 3. The number of hydrogen-bond donors (Lipinski definition) is 1. The molecule has 0 aliphatic carbocycles. The summed E-state index contributed by atoms with van der Waals surface area (Å²) in [6, 6.07) is 3.25. The second kappa shape index (κ2) is 3.84. The average Bonchev–Trinajstić information content (AvgIpc) is 2.52. The van der Waals surface area contributed by atoms with Crippen LogP contribution in [-0.2, 0) is 15.1 Å². The highest BCUT2D eigenvalue weighted by molar-refractivity contribution is 5.79. The van der Waals surface area contributed by atoms with Gasteiger partial charge in [0.05, 0.1) is 6.61 Å². The maximum Gasteiger partial charge on any atom is 0.345 e. The van der Waals surface area contributed by atoms with Crippen molar-refractivity contribution in [2.75, 3.05) is 6.61 Å². The van der Waals surface area contributed by atoms with E-state index in [9.17, 15) is 9.90 Å². The van der Waals surface area contributed by atoms with Gasteiger partial charge in [-0.3, -0.25) is 0 Å². The predicted molar refractivity (Wildman–Crippen MR) is 49.6 cm³/mol. The second-order valence-corrected chi connectivity index (χ2v) is 3.20. The number of aryl methyl sites for hydroxylation is 1. The molecule has 1 unspecified atom stereocenters. The van der Waals surface area contributed by atoms with E-state index in [1.54, 1.807) is 26.0 Å². The lowest BCUT2D eigenvalue weighted by atomic mass is 10.0. The zero-order valence-corrected chi connectivity index (χ0v) is 8.53. The van der Waals surface area contributed by atoms with Crippen molar-refractivity contribution in [1.29, 1.82) is 0 Å². The van der Waals surface area contributed by atoms with E-state index < -0.39 is 11.6 Å². The van der Waals surface area contributed by atoms with Crippen LogP contribution in [0.3, 0.4) is 0 Å². The number of furan rings is 1. The molecule has 0 radical (unpaired) electrons. The topological polar surface area (TPSA) is 59.7 Å². The molecule has 1 rings (SSSR count). The van der Waals surface area contributed by atoms with Crippen LogP contribution in [0, 0.1) is 6.92 Å². The molecule has 0 aromatic carbocycles. The quantitative estimate of drug-likeness (QED) is 0.745. The summed E-state index contributed by atoms with van der Waals surface area (Å²) < 4.78 is 9.89. The summed E-state index contributed by atoms with van der Waals surface area (Å²) in [5.41, 5.74) is -1.70. The fourth-order valence-corrected chi connectivity index (χ4v) is 1.07. The molecule has 0 aliphatic rings. The van der Waals surface area contributed by atoms with E-state index in [0.717, 1.165) is 0 Å². The number of esters is 1. The number of carbonyl (C=O) groups excluding carboxylic acids is 1. The first-order valence-electron chi connectivity index (χ1n) is 4.45. The van der Waals surface area contributed by atoms with Gasteiger partial charge in [0, 0.05) is 0 Å². The Balaban J connectivity index is 2.89. The van der Waals surface area contributed by atoms with Crippen LogP contribution in [0.2, 0.25) is 0 Å². The summed E-state index contributed by atoms with van der Waals surface area (Å²) in [5, 5.41) is 9.83. The van der Waals surface area contributed by atoms with E-state index in [4.69, 9.17) is 9.15 Å². The summed E-state index contributed by atoms with van der Waals surface area (Å²) in [4.78, 5) is 11.3. The van der Waals surface area contributed by atoms with Crippen LogP contribution < -0.4 is 0 Å². The number of hydrogen-bond acceptors (Lipinski definition) is 4. The van der Waals surface area contributed by atoms with Crippen LogP contribution in [0.25, 0.3) is 0 Å². The SMILES string of the molecule is CCOC(=O)C(C)(O)c1ccc(C)o1. The Hall–Kier alpha value is -1.29. The van der Waals surface area contributed by atoms with E-state index >= 15 is 0 Å². The first-order chi connectivity index (χ1) is 6.48. The fraction of sp³-hybridized carbons (Fsp3) is 0.500. The maximum atomic E-state index is 11.3. The molecule has 14 heavy (non-hydrogen) atoms. The van der Waals surface area contributed by atoms with E-state index in [2.05, 4.69) is 0 Å². The minimum atomic E-state index is -1.70. The minimum absolute atomic E-state index is 0.202. The van der Waals surface area contributed by atoms with Gasteiger partial charge in [0.15, 0.2) is 0 Å². The Labute approximate surface area is 82.5 Å². The van der Waals surface area contributed by atoms with Crippen molar-refractivity contribution in [2.24, 2.45) is 0 Å². The molecule has 0 saturated heterocycles. The van der Waals surface area contributed by atoms with Gasteiger partial charge in [0.1, 0.15) is 11.5 Å². The normalized spacial score (nSPS) is 14.9. The monoisotopic (exact) mass is 198 g/mol. The Bertz CT molecular complexity index is 325. The molecule has 1 N–H and O–H groups in total. The maximum absolute atomic E-state index is 11.3. The number of aliphatic hydroxyl groups is 1. The molecular weight excluding hydrogens is 184 g/mol. The second-order valence-electron chi connectivity index (χ2n) is 3.20. The molecule has 1 aromatic rings. The third kappa shape index (κ3) is 1.96. The van der Waals surface area contributed by atoms with Crippen molar-refractivity contribution in [2.45, 2.75) is 26.4 Å². The molecule has 4 nitrogen and oxygen atoms in total. The summed E-state index contributed by atoms with van der Waals surface area (Å²) >= 11 is 0. The van der Waals surface area contributed by atoms with Crippen molar-refractivity contribution < 1.29 is 19.1 Å². The van der Waals surface area contributed by atoms with Crippen molar-refractivity contribution in [1.82, 2.24) is 0 Å². The lowest BCUT2D eigenvalue weighted by Crippen LogP contribution is -2.33. The van der Waals surface area contributed by atoms with Crippen molar-refractivity contribution in [3.8, 4) is 0 Å². The Morgan fingerprint density at radius 3 is 2.71 bits per heavy atom. The predicted octanol–water partition coefficient (Wildman–Crippen LogP) is 1.36. The van der Waals surface area contributed by atoms with Crippen LogP contribution in [0.4, 0.5) is 0 Å². The van der Waals surface area contributed by atoms with Crippen LogP contribution >= 0.6 is 0 Å². The largest absolute Gasteiger partial charge is 0.464 e. The van der Waals surface area contributed by atoms with E-state index in [1.165, 1.54) is 6.92 Å². The van der Waals surface area contributed by atoms with Gasteiger partial charge in [-0.2, -0.15) is 0 Å².